The normalized spacial score (nSPS) is 11.0. The van der Waals surface area contributed by atoms with E-state index in [2.05, 4.69) is 5.16 Å². The number of oxime groups is 1. The second kappa shape index (κ2) is 9.98. The molecular formula is C20H13Cl3N2O3S. The highest BCUT2D eigenvalue weighted by atomic mass is 35.5. The number of halogens is 3. The Balaban J connectivity index is 1.69. The Morgan fingerprint density at radius 2 is 1.72 bits per heavy atom. The average Bonchev–Trinajstić information content (AvgIpc) is 2.69. The molecule has 0 N–H and O–H groups in total. The molecule has 0 aliphatic rings. The molecule has 0 radical (unpaired) electrons. The van der Waals surface area contributed by atoms with Crippen LogP contribution in [-0.2, 0) is 11.4 Å². The van der Waals surface area contributed by atoms with Crippen LogP contribution in [0.25, 0.3) is 0 Å². The summed E-state index contributed by atoms with van der Waals surface area (Å²) in [5.74, 6) is 0. The zero-order chi connectivity index (χ0) is 20.8. The Kier molecular flexibility index (Phi) is 7.39. The lowest BCUT2D eigenvalue weighted by Crippen LogP contribution is -1.94. The van der Waals surface area contributed by atoms with E-state index in [9.17, 15) is 10.1 Å². The van der Waals surface area contributed by atoms with Crippen LogP contribution in [0, 0.1) is 10.1 Å². The smallest absolute Gasteiger partial charge is 0.283 e. The van der Waals surface area contributed by atoms with E-state index in [4.69, 9.17) is 39.6 Å². The van der Waals surface area contributed by atoms with Crippen molar-refractivity contribution in [3.8, 4) is 0 Å². The van der Waals surface area contributed by atoms with Gasteiger partial charge in [-0.05, 0) is 42.5 Å². The van der Waals surface area contributed by atoms with Crippen LogP contribution < -0.4 is 0 Å². The molecule has 0 spiro atoms. The van der Waals surface area contributed by atoms with E-state index in [1.165, 1.54) is 24.0 Å². The first-order valence-electron chi connectivity index (χ1n) is 8.23. The Bertz CT molecular complexity index is 1060. The Labute approximate surface area is 186 Å². The average molecular weight is 468 g/mol. The van der Waals surface area contributed by atoms with Gasteiger partial charge >= 0.3 is 0 Å². The highest BCUT2D eigenvalue weighted by Crippen LogP contribution is 2.35. The Morgan fingerprint density at radius 3 is 2.41 bits per heavy atom. The number of nitro groups is 1. The molecule has 9 heteroatoms. The molecule has 0 fully saturated rings. The first-order valence-corrected chi connectivity index (χ1v) is 10.2. The molecule has 3 aromatic rings. The summed E-state index contributed by atoms with van der Waals surface area (Å²) in [6, 6.07) is 17.0. The summed E-state index contributed by atoms with van der Waals surface area (Å²) in [5, 5.41) is 17.0. The molecule has 0 saturated carbocycles. The number of nitrogens with zero attached hydrogens (tertiary/aromatic N) is 2. The summed E-state index contributed by atoms with van der Waals surface area (Å²) in [6.45, 7) is 0.152. The molecule has 0 amide bonds. The largest absolute Gasteiger partial charge is 0.391 e. The lowest BCUT2D eigenvalue weighted by molar-refractivity contribution is -0.387. The van der Waals surface area contributed by atoms with Gasteiger partial charge in [0.1, 0.15) is 6.61 Å². The molecule has 0 heterocycles. The van der Waals surface area contributed by atoms with Crippen molar-refractivity contribution < 1.29 is 9.76 Å². The van der Waals surface area contributed by atoms with Crippen LogP contribution in [0.3, 0.4) is 0 Å². The van der Waals surface area contributed by atoms with Crippen molar-refractivity contribution >= 4 is 58.5 Å². The second-order valence-electron chi connectivity index (χ2n) is 5.78. The van der Waals surface area contributed by atoms with Gasteiger partial charge in [-0.3, -0.25) is 10.1 Å². The molecule has 0 atom stereocenters. The van der Waals surface area contributed by atoms with Crippen molar-refractivity contribution in [3.05, 3.63) is 97.0 Å². The third kappa shape index (κ3) is 6.11. The number of nitro benzene ring substituents is 1. The van der Waals surface area contributed by atoms with E-state index in [0.717, 1.165) is 10.5 Å². The highest BCUT2D eigenvalue weighted by Gasteiger charge is 2.15. The third-order valence-corrected chi connectivity index (χ3v) is 5.64. The minimum atomic E-state index is -0.427. The van der Waals surface area contributed by atoms with Crippen LogP contribution in [0.2, 0.25) is 15.1 Å². The van der Waals surface area contributed by atoms with Gasteiger partial charge < -0.3 is 4.84 Å². The molecule has 0 aliphatic heterocycles. The lowest BCUT2D eigenvalue weighted by Gasteiger charge is -2.05. The summed E-state index contributed by atoms with van der Waals surface area (Å²) < 4.78 is 0. The molecule has 5 nitrogen and oxygen atoms in total. The minimum Gasteiger partial charge on any atom is -0.391 e. The summed E-state index contributed by atoms with van der Waals surface area (Å²) in [4.78, 5) is 17.6. The van der Waals surface area contributed by atoms with Crippen molar-refractivity contribution in [2.45, 2.75) is 16.4 Å². The van der Waals surface area contributed by atoms with Gasteiger partial charge in [0.25, 0.3) is 5.69 Å². The van der Waals surface area contributed by atoms with Gasteiger partial charge in [0, 0.05) is 37.2 Å². The maximum Gasteiger partial charge on any atom is 0.283 e. The van der Waals surface area contributed by atoms with E-state index in [1.807, 2.05) is 12.1 Å². The van der Waals surface area contributed by atoms with Crippen LogP contribution in [0.5, 0.6) is 0 Å². The highest BCUT2D eigenvalue weighted by molar-refractivity contribution is 7.99. The Morgan fingerprint density at radius 1 is 1.00 bits per heavy atom. The number of hydrogen-bond acceptors (Lipinski definition) is 5. The van der Waals surface area contributed by atoms with Crippen LogP contribution in [0.4, 0.5) is 5.69 Å². The van der Waals surface area contributed by atoms with Gasteiger partial charge in [0.05, 0.1) is 16.0 Å². The number of rotatable bonds is 7. The summed E-state index contributed by atoms with van der Waals surface area (Å²) in [5.41, 5.74) is 1.25. The molecule has 0 saturated heterocycles. The molecule has 29 heavy (non-hydrogen) atoms. The molecular weight excluding hydrogens is 455 g/mol. The Hall–Kier alpha value is -2.25. The molecule has 0 aromatic heterocycles. The van der Waals surface area contributed by atoms with Gasteiger partial charge in [-0.15, -0.1) is 0 Å². The zero-order valence-electron chi connectivity index (χ0n) is 14.7. The standard InChI is InChI=1S/C20H13Cl3N2O3S/c21-15-4-6-17(7-5-15)29-20-8-1-13(9-19(20)25(26)27)11-24-28-12-14-2-3-16(22)10-18(14)23/h1-11H,12H2. The topological polar surface area (TPSA) is 64.7 Å². The molecule has 3 aromatic carbocycles. The zero-order valence-corrected chi connectivity index (χ0v) is 17.8. The fraction of sp³-hybridized carbons (Fsp3) is 0.0500. The predicted molar refractivity (Wildman–Crippen MR) is 118 cm³/mol. The van der Waals surface area contributed by atoms with Crippen molar-refractivity contribution in [3.63, 3.8) is 0 Å². The van der Waals surface area contributed by atoms with Gasteiger partial charge in [-0.25, -0.2) is 0 Å². The molecule has 0 unspecified atom stereocenters. The van der Waals surface area contributed by atoms with Crippen molar-refractivity contribution in [2.24, 2.45) is 5.16 Å². The summed E-state index contributed by atoms with van der Waals surface area (Å²) >= 11 is 19.1. The fourth-order valence-corrected chi connectivity index (χ4v) is 3.81. The van der Waals surface area contributed by atoms with Gasteiger partial charge in [-0.2, -0.15) is 0 Å². The van der Waals surface area contributed by atoms with Crippen molar-refractivity contribution in [1.29, 1.82) is 0 Å². The van der Waals surface area contributed by atoms with Crippen molar-refractivity contribution in [1.82, 2.24) is 0 Å². The summed E-state index contributed by atoms with van der Waals surface area (Å²) in [6.07, 6.45) is 1.41. The van der Waals surface area contributed by atoms with Crippen LogP contribution in [0.15, 0.2) is 75.6 Å². The molecule has 0 aliphatic carbocycles. The second-order valence-corrected chi connectivity index (χ2v) is 8.18. The molecule has 3 rings (SSSR count). The van der Waals surface area contributed by atoms with Crippen LogP contribution in [-0.4, -0.2) is 11.1 Å². The first-order chi connectivity index (χ1) is 13.9. The maximum atomic E-state index is 11.5. The SMILES string of the molecule is O=[N+]([O-])c1cc(C=NOCc2ccc(Cl)cc2Cl)ccc1Sc1ccc(Cl)cc1. The number of hydrogen-bond donors (Lipinski definition) is 0. The molecule has 148 valence electrons. The van der Waals surface area contributed by atoms with Crippen LogP contribution in [0.1, 0.15) is 11.1 Å². The first kappa shape index (κ1) is 21.5. The van der Waals surface area contributed by atoms with Crippen molar-refractivity contribution in [2.75, 3.05) is 0 Å². The van der Waals surface area contributed by atoms with Crippen LogP contribution >= 0.6 is 46.6 Å². The summed E-state index contributed by atoms with van der Waals surface area (Å²) in [7, 11) is 0. The van der Waals surface area contributed by atoms with Gasteiger partial charge in [-0.1, -0.05) is 63.9 Å². The fourth-order valence-electron chi connectivity index (χ4n) is 2.32. The lowest BCUT2D eigenvalue weighted by atomic mass is 10.2. The van der Waals surface area contributed by atoms with Gasteiger partial charge in [0.2, 0.25) is 0 Å². The van der Waals surface area contributed by atoms with E-state index in [-0.39, 0.29) is 12.3 Å². The van der Waals surface area contributed by atoms with E-state index in [0.29, 0.717) is 25.5 Å². The van der Waals surface area contributed by atoms with Gasteiger partial charge in [0.15, 0.2) is 0 Å². The molecule has 0 bridgehead atoms. The van der Waals surface area contributed by atoms with E-state index in [1.54, 1.807) is 42.5 Å². The van der Waals surface area contributed by atoms with E-state index < -0.39 is 4.92 Å². The quantitative estimate of drug-likeness (QED) is 0.208. The van der Waals surface area contributed by atoms with E-state index >= 15 is 0 Å². The maximum absolute atomic E-state index is 11.5. The number of benzene rings is 3. The minimum absolute atomic E-state index is 0.0188. The monoisotopic (exact) mass is 466 g/mol. The predicted octanol–water partition coefficient (Wildman–Crippen LogP) is 7.26. The third-order valence-electron chi connectivity index (χ3n) is 3.73.